The van der Waals surface area contributed by atoms with E-state index in [9.17, 15) is 10.2 Å². The summed E-state index contributed by atoms with van der Waals surface area (Å²) in [6, 6.07) is 4.49. The Bertz CT molecular complexity index is 595. The normalized spacial score (nSPS) is 11.2. The van der Waals surface area contributed by atoms with Gasteiger partial charge in [-0.1, -0.05) is 11.8 Å². The highest BCUT2D eigenvalue weighted by Gasteiger charge is 2.05. The fraction of sp³-hybridized carbons (Fsp3) is 0.182. The third-order valence-electron chi connectivity index (χ3n) is 2.27. The Hall–Kier alpha value is -2.02. The lowest BCUT2D eigenvalue weighted by Gasteiger charge is -2.00. The van der Waals surface area contributed by atoms with Gasteiger partial charge in [-0.3, -0.25) is 0 Å². The second-order valence-electron chi connectivity index (χ2n) is 3.54. The first-order valence-electron chi connectivity index (χ1n) is 5.14. The molecule has 0 radical (unpaired) electrons. The lowest BCUT2D eigenvalue weighted by molar-refractivity contribution is 0.403. The standard InChI is InChI=1S/C11H12N4O2S/c1-7-13-14-11(18-2)15(7)12-6-8-3-4-9(16)10(17)5-8/h3-6,16-17H,1-2H3/b12-6-. The highest BCUT2D eigenvalue weighted by molar-refractivity contribution is 7.98. The maximum Gasteiger partial charge on any atom is 0.211 e. The molecule has 0 aliphatic rings. The molecule has 0 saturated heterocycles. The van der Waals surface area contributed by atoms with E-state index in [-0.39, 0.29) is 11.5 Å². The minimum atomic E-state index is -0.176. The Kier molecular flexibility index (Phi) is 3.52. The lowest BCUT2D eigenvalue weighted by Crippen LogP contribution is -1.95. The summed E-state index contributed by atoms with van der Waals surface area (Å²) < 4.78 is 1.61. The molecule has 0 unspecified atom stereocenters. The maximum atomic E-state index is 9.37. The first-order chi connectivity index (χ1) is 8.61. The van der Waals surface area contributed by atoms with Crippen LogP contribution in [-0.2, 0) is 0 Å². The third-order valence-corrected chi connectivity index (χ3v) is 2.89. The molecule has 0 amide bonds. The van der Waals surface area contributed by atoms with Gasteiger partial charge < -0.3 is 10.2 Å². The highest BCUT2D eigenvalue weighted by Crippen LogP contribution is 2.24. The molecule has 1 heterocycles. The molecule has 2 aromatic rings. The van der Waals surface area contributed by atoms with Crippen molar-refractivity contribution < 1.29 is 10.2 Å². The molecular formula is C11H12N4O2S. The van der Waals surface area contributed by atoms with E-state index < -0.39 is 0 Å². The Morgan fingerprint density at radius 3 is 2.72 bits per heavy atom. The van der Waals surface area contributed by atoms with Crippen LogP contribution < -0.4 is 0 Å². The Morgan fingerprint density at radius 2 is 2.06 bits per heavy atom. The quantitative estimate of drug-likeness (QED) is 0.500. The van der Waals surface area contributed by atoms with Gasteiger partial charge >= 0.3 is 0 Å². The van der Waals surface area contributed by atoms with Gasteiger partial charge in [-0.05, 0) is 36.9 Å². The summed E-state index contributed by atoms with van der Waals surface area (Å²) in [6.45, 7) is 1.80. The number of rotatable bonds is 3. The summed E-state index contributed by atoms with van der Waals surface area (Å²) in [6.07, 6.45) is 3.46. The Balaban J connectivity index is 2.29. The number of nitrogens with zero attached hydrogens (tertiary/aromatic N) is 4. The largest absolute Gasteiger partial charge is 0.504 e. The number of aromatic nitrogens is 3. The van der Waals surface area contributed by atoms with Gasteiger partial charge in [0.1, 0.15) is 0 Å². The fourth-order valence-electron chi connectivity index (χ4n) is 1.34. The molecule has 1 aromatic heterocycles. The Morgan fingerprint density at radius 1 is 1.28 bits per heavy atom. The molecule has 7 heteroatoms. The fourth-order valence-corrected chi connectivity index (χ4v) is 1.82. The summed E-state index contributed by atoms with van der Waals surface area (Å²) in [5, 5.41) is 31.4. The molecule has 0 aliphatic heterocycles. The van der Waals surface area contributed by atoms with Crippen LogP contribution in [0.5, 0.6) is 11.5 Å². The second-order valence-corrected chi connectivity index (χ2v) is 4.31. The summed E-state index contributed by atoms with van der Waals surface area (Å²) >= 11 is 1.44. The molecule has 94 valence electrons. The van der Waals surface area contributed by atoms with Crippen LogP contribution in [0.15, 0.2) is 28.5 Å². The van der Waals surface area contributed by atoms with E-state index in [1.54, 1.807) is 23.9 Å². The molecule has 1 aromatic carbocycles. The topological polar surface area (TPSA) is 83.5 Å². The van der Waals surface area contributed by atoms with Crippen molar-refractivity contribution in [3.05, 3.63) is 29.6 Å². The van der Waals surface area contributed by atoms with Crippen molar-refractivity contribution in [3.63, 3.8) is 0 Å². The second kappa shape index (κ2) is 5.09. The minimum absolute atomic E-state index is 0.155. The van der Waals surface area contributed by atoms with Crippen molar-refractivity contribution >= 4 is 18.0 Å². The van der Waals surface area contributed by atoms with E-state index in [0.717, 1.165) is 0 Å². The van der Waals surface area contributed by atoms with Crippen molar-refractivity contribution in [2.24, 2.45) is 5.10 Å². The minimum Gasteiger partial charge on any atom is -0.504 e. The molecular weight excluding hydrogens is 252 g/mol. The van der Waals surface area contributed by atoms with Crippen molar-refractivity contribution in [1.29, 1.82) is 0 Å². The molecule has 2 N–H and O–H groups in total. The summed E-state index contributed by atoms with van der Waals surface area (Å²) in [5.41, 5.74) is 0.672. The molecule has 2 rings (SSSR count). The van der Waals surface area contributed by atoms with E-state index in [1.807, 2.05) is 6.26 Å². The van der Waals surface area contributed by atoms with Gasteiger partial charge in [0.05, 0.1) is 6.21 Å². The monoisotopic (exact) mass is 264 g/mol. The number of hydrogen-bond donors (Lipinski definition) is 2. The molecule has 6 nitrogen and oxygen atoms in total. The van der Waals surface area contributed by atoms with Crippen LogP contribution in [0.1, 0.15) is 11.4 Å². The van der Waals surface area contributed by atoms with E-state index in [1.165, 1.54) is 23.9 Å². The zero-order valence-corrected chi connectivity index (χ0v) is 10.7. The smallest absolute Gasteiger partial charge is 0.211 e. The number of benzene rings is 1. The first-order valence-corrected chi connectivity index (χ1v) is 6.36. The number of aryl methyl sites for hydroxylation is 1. The van der Waals surface area contributed by atoms with Gasteiger partial charge in [0.25, 0.3) is 0 Å². The predicted octanol–water partition coefficient (Wildman–Crippen LogP) is 1.60. The SMILES string of the molecule is CSc1nnc(C)n1/N=C\c1ccc(O)c(O)c1. The van der Waals surface area contributed by atoms with Crippen LogP contribution in [0.25, 0.3) is 0 Å². The maximum absolute atomic E-state index is 9.37. The Labute approximate surface area is 108 Å². The number of aromatic hydroxyl groups is 2. The van der Waals surface area contributed by atoms with Crippen LogP contribution in [0.2, 0.25) is 0 Å². The third kappa shape index (κ3) is 2.45. The number of hydrogen-bond acceptors (Lipinski definition) is 6. The molecule has 0 bridgehead atoms. The van der Waals surface area contributed by atoms with Crippen LogP contribution in [-0.4, -0.2) is 37.6 Å². The molecule has 18 heavy (non-hydrogen) atoms. The number of phenolic OH excluding ortho intramolecular Hbond substituents is 2. The van der Waals surface area contributed by atoms with Gasteiger partial charge in [-0.15, -0.1) is 10.2 Å². The summed E-state index contributed by atoms with van der Waals surface area (Å²) in [5.74, 6) is 0.348. The van der Waals surface area contributed by atoms with E-state index in [2.05, 4.69) is 15.3 Å². The van der Waals surface area contributed by atoms with Gasteiger partial charge in [0.2, 0.25) is 5.16 Å². The summed E-state index contributed by atoms with van der Waals surface area (Å²) in [4.78, 5) is 0. The zero-order chi connectivity index (χ0) is 13.1. The predicted molar refractivity (Wildman–Crippen MR) is 69.3 cm³/mol. The van der Waals surface area contributed by atoms with E-state index >= 15 is 0 Å². The van der Waals surface area contributed by atoms with Gasteiger partial charge in [0, 0.05) is 0 Å². The van der Waals surface area contributed by atoms with Gasteiger partial charge in [0.15, 0.2) is 17.3 Å². The zero-order valence-electron chi connectivity index (χ0n) is 9.90. The molecule has 0 fully saturated rings. The van der Waals surface area contributed by atoms with Crippen molar-refractivity contribution in [2.75, 3.05) is 6.26 Å². The van der Waals surface area contributed by atoms with Crippen molar-refractivity contribution in [3.8, 4) is 11.5 Å². The van der Waals surface area contributed by atoms with E-state index in [0.29, 0.717) is 16.5 Å². The van der Waals surface area contributed by atoms with E-state index in [4.69, 9.17) is 0 Å². The number of thioether (sulfide) groups is 1. The van der Waals surface area contributed by atoms with Crippen molar-refractivity contribution in [2.45, 2.75) is 12.1 Å². The molecule has 0 saturated carbocycles. The van der Waals surface area contributed by atoms with Crippen LogP contribution in [0, 0.1) is 6.92 Å². The number of phenols is 2. The van der Waals surface area contributed by atoms with Crippen LogP contribution >= 0.6 is 11.8 Å². The average Bonchev–Trinajstić information content (AvgIpc) is 2.71. The first kappa shape index (κ1) is 12.4. The lowest BCUT2D eigenvalue weighted by atomic mass is 10.2. The van der Waals surface area contributed by atoms with Crippen molar-refractivity contribution in [1.82, 2.24) is 14.9 Å². The van der Waals surface area contributed by atoms with Gasteiger partial charge in [-0.25, -0.2) is 0 Å². The van der Waals surface area contributed by atoms with Crippen LogP contribution in [0.3, 0.4) is 0 Å². The van der Waals surface area contributed by atoms with Gasteiger partial charge in [-0.2, -0.15) is 9.78 Å². The van der Waals surface area contributed by atoms with Crippen LogP contribution in [0.4, 0.5) is 0 Å². The molecule has 0 spiro atoms. The average molecular weight is 264 g/mol. The molecule has 0 aliphatic carbocycles. The summed E-state index contributed by atoms with van der Waals surface area (Å²) in [7, 11) is 0. The molecule has 0 atom stereocenters. The highest BCUT2D eigenvalue weighted by atomic mass is 32.2.